The molecule has 24 heavy (non-hydrogen) atoms. The van der Waals surface area contributed by atoms with Gasteiger partial charge in [-0.2, -0.15) is 0 Å². The molecule has 2 aromatic rings. The molecule has 0 unspecified atom stereocenters. The fourth-order valence-electron chi connectivity index (χ4n) is 2.56. The highest BCUT2D eigenvalue weighted by Gasteiger charge is 2.21. The van der Waals surface area contributed by atoms with Crippen molar-refractivity contribution in [2.24, 2.45) is 0 Å². The summed E-state index contributed by atoms with van der Waals surface area (Å²) in [4.78, 5) is 10.7. The normalized spacial score (nSPS) is 11.4. The van der Waals surface area contributed by atoms with Crippen molar-refractivity contribution in [3.05, 3.63) is 63.1 Å². The Balaban J connectivity index is 2.19. The minimum absolute atomic E-state index is 0.0186. The Morgan fingerprint density at radius 3 is 2.25 bits per heavy atom. The third-order valence-corrected chi connectivity index (χ3v) is 4.27. The molecular weight excluding hydrogens is 368 g/mol. The van der Waals surface area contributed by atoms with Crippen LogP contribution in [0, 0.1) is 6.92 Å². The molecule has 0 fully saturated rings. The maximum Gasteiger partial charge on any atom is 0.307 e. The van der Waals surface area contributed by atoms with E-state index in [-0.39, 0.29) is 11.8 Å². The van der Waals surface area contributed by atoms with Crippen LogP contribution in [0.2, 0.25) is 0 Å². The smallest absolute Gasteiger partial charge is 0.307 e. The molecule has 0 radical (unpaired) electrons. The molecule has 0 atom stereocenters. The van der Waals surface area contributed by atoms with Crippen molar-refractivity contribution in [1.29, 1.82) is 0 Å². The number of carboxylic acids is 1. The Labute approximate surface area is 151 Å². The van der Waals surface area contributed by atoms with Gasteiger partial charge in [0.1, 0.15) is 12.4 Å². The predicted molar refractivity (Wildman–Crippen MR) is 99.7 cm³/mol. The summed E-state index contributed by atoms with van der Waals surface area (Å²) in [5.41, 5.74) is 4.05. The van der Waals surface area contributed by atoms with Crippen LogP contribution in [0.25, 0.3) is 0 Å². The van der Waals surface area contributed by atoms with Gasteiger partial charge in [-0.05, 0) is 41.2 Å². The first-order valence-corrected chi connectivity index (χ1v) is 8.69. The number of carbonyl (C=O) groups is 1. The van der Waals surface area contributed by atoms with Crippen LogP contribution in [0.1, 0.15) is 43.0 Å². The lowest BCUT2D eigenvalue weighted by atomic mass is 9.85. The molecule has 2 rings (SSSR count). The van der Waals surface area contributed by atoms with Crippen LogP contribution >= 0.6 is 15.9 Å². The van der Waals surface area contributed by atoms with E-state index in [9.17, 15) is 4.79 Å². The van der Waals surface area contributed by atoms with Gasteiger partial charge >= 0.3 is 5.97 Å². The molecule has 128 valence electrons. The second-order valence-electron chi connectivity index (χ2n) is 7.03. The maximum absolute atomic E-state index is 10.7. The number of benzene rings is 2. The summed E-state index contributed by atoms with van der Waals surface area (Å²) in [5, 5.41) is 8.82. The predicted octanol–water partition coefficient (Wildman–Crippen LogP) is 5.26. The minimum Gasteiger partial charge on any atom is -0.488 e. The number of rotatable bonds is 5. The largest absolute Gasteiger partial charge is 0.488 e. The second-order valence-corrected chi connectivity index (χ2v) is 7.94. The SMILES string of the molecule is Cc1cc(Br)cc(C(C)(C)C)c1OCc1ccc(CC(=O)O)cc1. The molecule has 0 saturated heterocycles. The van der Waals surface area contributed by atoms with Crippen LogP contribution in [0.4, 0.5) is 0 Å². The number of hydrogen-bond donors (Lipinski definition) is 1. The molecule has 0 aromatic heterocycles. The first-order chi connectivity index (χ1) is 11.2. The monoisotopic (exact) mass is 390 g/mol. The first-order valence-electron chi connectivity index (χ1n) is 7.90. The van der Waals surface area contributed by atoms with Gasteiger partial charge in [-0.15, -0.1) is 0 Å². The maximum atomic E-state index is 10.7. The molecule has 0 aliphatic carbocycles. The number of carboxylic acid groups (broad SMARTS) is 1. The van der Waals surface area contributed by atoms with Gasteiger partial charge in [0.15, 0.2) is 0 Å². The molecule has 0 aliphatic rings. The highest BCUT2D eigenvalue weighted by molar-refractivity contribution is 9.10. The molecule has 4 heteroatoms. The molecular formula is C20H23BrO3. The second kappa shape index (κ2) is 7.39. The summed E-state index contributed by atoms with van der Waals surface area (Å²) >= 11 is 3.56. The van der Waals surface area contributed by atoms with Crippen LogP contribution in [0.3, 0.4) is 0 Å². The van der Waals surface area contributed by atoms with Crippen molar-refractivity contribution in [2.75, 3.05) is 0 Å². The van der Waals surface area contributed by atoms with Gasteiger partial charge < -0.3 is 9.84 Å². The molecule has 0 aliphatic heterocycles. The van der Waals surface area contributed by atoms with Crippen molar-refractivity contribution in [2.45, 2.75) is 46.1 Å². The van der Waals surface area contributed by atoms with Crippen LogP contribution in [0.5, 0.6) is 5.75 Å². The zero-order valence-corrected chi connectivity index (χ0v) is 16.1. The van der Waals surface area contributed by atoms with Gasteiger partial charge in [0.25, 0.3) is 0 Å². The number of aliphatic carboxylic acids is 1. The van der Waals surface area contributed by atoms with Crippen molar-refractivity contribution < 1.29 is 14.6 Å². The number of ether oxygens (including phenoxy) is 1. The standard InChI is InChI=1S/C20H23BrO3/c1-13-9-16(21)11-17(20(2,3)4)19(13)24-12-15-7-5-14(6-8-15)10-18(22)23/h5-9,11H,10,12H2,1-4H3,(H,22,23). The summed E-state index contributed by atoms with van der Waals surface area (Å²) in [6.07, 6.45) is 0.0428. The lowest BCUT2D eigenvalue weighted by Gasteiger charge is -2.25. The Hall–Kier alpha value is -1.81. The molecule has 0 heterocycles. The van der Waals surface area contributed by atoms with Crippen LogP contribution in [0.15, 0.2) is 40.9 Å². The topological polar surface area (TPSA) is 46.5 Å². The molecule has 0 spiro atoms. The number of halogens is 1. The Bertz CT molecular complexity index is 728. The van der Waals surface area contributed by atoms with Gasteiger partial charge in [0, 0.05) is 10.0 Å². The van der Waals surface area contributed by atoms with E-state index in [1.54, 1.807) is 0 Å². The molecule has 0 saturated carbocycles. The van der Waals surface area contributed by atoms with E-state index < -0.39 is 5.97 Å². The van der Waals surface area contributed by atoms with E-state index in [2.05, 4.69) is 48.8 Å². The van der Waals surface area contributed by atoms with Gasteiger partial charge in [0.05, 0.1) is 6.42 Å². The van der Waals surface area contributed by atoms with E-state index in [4.69, 9.17) is 9.84 Å². The van der Waals surface area contributed by atoms with Gasteiger partial charge in [-0.1, -0.05) is 61.0 Å². The third-order valence-electron chi connectivity index (χ3n) is 3.81. The molecule has 2 aromatic carbocycles. The average molecular weight is 391 g/mol. The summed E-state index contributed by atoms with van der Waals surface area (Å²) in [6, 6.07) is 11.7. The highest BCUT2D eigenvalue weighted by atomic mass is 79.9. The van der Waals surface area contributed by atoms with Gasteiger partial charge in [-0.25, -0.2) is 0 Å². The first kappa shape index (κ1) is 18.5. The Kier molecular flexibility index (Phi) is 5.70. The van der Waals surface area contributed by atoms with Gasteiger partial charge in [0.2, 0.25) is 0 Å². The number of hydrogen-bond acceptors (Lipinski definition) is 2. The highest BCUT2D eigenvalue weighted by Crippen LogP contribution is 2.36. The molecule has 3 nitrogen and oxygen atoms in total. The Morgan fingerprint density at radius 1 is 1.12 bits per heavy atom. The van der Waals surface area contributed by atoms with Crippen LogP contribution < -0.4 is 4.74 Å². The van der Waals surface area contributed by atoms with E-state index in [0.29, 0.717) is 6.61 Å². The zero-order valence-electron chi connectivity index (χ0n) is 14.5. The average Bonchev–Trinajstić information content (AvgIpc) is 2.45. The zero-order chi connectivity index (χ0) is 17.9. The van der Waals surface area contributed by atoms with Crippen molar-refractivity contribution in [1.82, 2.24) is 0 Å². The van der Waals surface area contributed by atoms with Gasteiger partial charge in [-0.3, -0.25) is 4.79 Å². The summed E-state index contributed by atoms with van der Waals surface area (Å²) in [6.45, 7) is 9.01. The minimum atomic E-state index is -0.820. The van der Waals surface area contributed by atoms with Crippen molar-refractivity contribution in [3.63, 3.8) is 0 Å². The summed E-state index contributed by atoms with van der Waals surface area (Å²) in [7, 11) is 0. The van der Waals surface area contributed by atoms with E-state index >= 15 is 0 Å². The lowest BCUT2D eigenvalue weighted by molar-refractivity contribution is -0.136. The quantitative estimate of drug-likeness (QED) is 0.756. The van der Waals surface area contributed by atoms with Crippen LogP contribution in [-0.4, -0.2) is 11.1 Å². The Morgan fingerprint density at radius 2 is 1.71 bits per heavy atom. The van der Waals surface area contributed by atoms with E-state index in [1.165, 1.54) is 0 Å². The fraction of sp³-hybridized carbons (Fsp3) is 0.350. The number of aryl methyl sites for hydroxylation is 1. The summed E-state index contributed by atoms with van der Waals surface area (Å²) in [5.74, 6) is 0.0969. The van der Waals surface area contributed by atoms with Crippen molar-refractivity contribution in [3.8, 4) is 5.75 Å². The lowest BCUT2D eigenvalue weighted by Crippen LogP contribution is -2.14. The van der Waals surface area contributed by atoms with E-state index in [0.717, 1.165) is 32.5 Å². The molecule has 0 amide bonds. The molecule has 1 N–H and O–H groups in total. The summed E-state index contributed by atoms with van der Waals surface area (Å²) < 4.78 is 7.17. The fourth-order valence-corrected chi connectivity index (χ4v) is 3.13. The van der Waals surface area contributed by atoms with E-state index in [1.807, 2.05) is 31.2 Å². The molecule has 0 bridgehead atoms. The van der Waals surface area contributed by atoms with Crippen LogP contribution in [-0.2, 0) is 23.2 Å². The van der Waals surface area contributed by atoms with Crippen molar-refractivity contribution >= 4 is 21.9 Å². The third kappa shape index (κ3) is 4.84.